The first-order valence-electron chi connectivity index (χ1n) is 5.68. The van der Waals surface area contributed by atoms with Crippen LogP contribution < -0.4 is 0 Å². The maximum atomic E-state index is 6.02. The number of benzene rings is 1. The van der Waals surface area contributed by atoms with Crippen molar-refractivity contribution in [3.8, 4) is 11.3 Å². The molecule has 1 aromatic carbocycles. The van der Waals surface area contributed by atoms with Crippen LogP contribution in [-0.4, -0.2) is 9.97 Å². The van der Waals surface area contributed by atoms with Gasteiger partial charge in [0.2, 0.25) is 0 Å². The van der Waals surface area contributed by atoms with E-state index in [-0.39, 0.29) is 5.92 Å². The zero-order valence-electron chi connectivity index (χ0n) is 10.2. The number of halogens is 1. The second-order valence-corrected chi connectivity index (χ2v) is 4.84. The summed E-state index contributed by atoms with van der Waals surface area (Å²) in [6, 6.07) is 10.1. The van der Waals surface area contributed by atoms with Crippen LogP contribution in [0.3, 0.4) is 0 Å². The lowest BCUT2D eigenvalue weighted by atomic mass is 10.1. The van der Waals surface area contributed by atoms with E-state index < -0.39 is 0 Å². The Bertz CT molecular complexity index is 518. The largest absolute Gasteiger partial charge is 0.233 e. The van der Waals surface area contributed by atoms with Crippen LogP contribution in [0, 0.1) is 6.92 Å². The summed E-state index contributed by atoms with van der Waals surface area (Å²) in [5.74, 6) is 1.06. The predicted molar refractivity (Wildman–Crippen MR) is 71.3 cm³/mol. The van der Waals surface area contributed by atoms with Crippen molar-refractivity contribution in [3.63, 3.8) is 0 Å². The van der Waals surface area contributed by atoms with Gasteiger partial charge in [-0.3, -0.25) is 0 Å². The fourth-order valence-corrected chi connectivity index (χ4v) is 1.76. The molecule has 0 N–H and O–H groups in total. The molecule has 0 fully saturated rings. The molecular formula is C14H15ClN2. The molecule has 0 unspecified atom stereocenters. The topological polar surface area (TPSA) is 25.8 Å². The quantitative estimate of drug-likeness (QED) is 0.741. The van der Waals surface area contributed by atoms with E-state index in [9.17, 15) is 0 Å². The van der Waals surface area contributed by atoms with Gasteiger partial charge in [-0.25, -0.2) is 9.97 Å². The minimum atomic E-state index is 0.276. The molecule has 2 rings (SSSR count). The molecule has 1 heterocycles. The molecule has 0 saturated heterocycles. The summed E-state index contributed by atoms with van der Waals surface area (Å²) in [4.78, 5) is 8.77. The van der Waals surface area contributed by atoms with Crippen molar-refractivity contribution in [3.05, 3.63) is 46.9 Å². The minimum Gasteiger partial charge on any atom is -0.233 e. The van der Waals surface area contributed by atoms with Crippen molar-refractivity contribution in [2.24, 2.45) is 0 Å². The Labute approximate surface area is 107 Å². The van der Waals surface area contributed by atoms with E-state index in [0.29, 0.717) is 5.15 Å². The Balaban J connectivity index is 2.48. The average Bonchev–Trinajstić information content (AvgIpc) is 2.29. The van der Waals surface area contributed by atoms with Crippen LogP contribution in [0.2, 0.25) is 5.15 Å². The van der Waals surface area contributed by atoms with Gasteiger partial charge in [0.05, 0.1) is 5.69 Å². The van der Waals surface area contributed by atoms with Gasteiger partial charge in [-0.2, -0.15) is 0 Å². The minimum absolute atomic E-state index is 0.276. The predicted octanol–water partition coefficient (Wildman–Crippen LogP) is 4.23. The van der Waals surface area contributed by atoms with E-state index in [4.69, 9.17) is 11.6 Å². The molecule has 1 aromatic heterocycles. The maximum Gasteiger partial charge on any atom is 0.133 e. The highest BCUT2D eigenvalue weighted by molar-refractivity contribution is 6.29. The summed E-state index contributed by atoms with van der Waals surface area (Å²) in [7, 11) is 0. The molecule has 2 nitrogen and oxygen atoms in total. The van der Waals surface area contributed by atoms with E-state index in [2.05, 4.69) is 55.0 Å². The number of aryl methyl sites for hydroxylation is 1. The van der Waals surface area contributed by atoms with E-state index in [1.807, 2.05) is 0 Å². The number of hydrogen-bond acceptors (Lipinski definition) is 2. The number of aromatic nitrogens is 2. The summed E-state index contributed by atoms with van der Waals surface area (Å²) in [6.07, 6.45) is 0. The van der Waals surface area contributed by atoms with Gasteiger partial charge < -0.3 is 0 Å². The Morgan fingerprint density at radius 2 is 1.71 bits per heavy atom. The van der Waals surface area contributed by atoms with Gasteiger partial charge in [0, 0.05) is 17.5 Å². The first-order valence-corrected chi connectivity index (χ1v) is 6.05. The van der Waals surface area contributed by atoms with Crippen LogP contribution in [0.4, 0.5) is 0 Å². The summed E-state index contributed by atoms with van der Waals surface area (Å²) in [5, 5.41) is 0.499. The number of rotatable bonds is 2. The number of hydrogen-bond donors (Lipinski definition) is 0. The fourth-order valence-electron chi connectivity index (χ4n) is 1.57. The Morgan fingerprint density at radius 1 is 1.06 bits per heavy atom. The average molecular weight is 247 g/mol. The normalized spacial score (nSPS) is 10.9. The molecule has 0 aliphatic rings. The van der Waals surface area contributed by atoms with Gasteiger partial charge in [-0.1, -0.05) is 55.3 Å². The van der Waals surface area contributed by atoms with Gasteiger partial charge in [-0.15, -0.1) is 0 Å². The molecular weight excluding hydrogens is 232 g/mol. The van der Waals surface area contributed by atoms with Crippen molar-refractivity contribution in [2.75, 3.05) is 0 Å². The van der Waals surface area contributed by atoms with E-state index >= 15 is 0 Å². The third kappa shape index (κ3) is 2.83. The van der Waals surface area contributed by atoms with Crippen molar-refractivity contribution < 1.29 is 0 Å². The molecule has 0 bridgehead atoms. The molecule has 2 aromatic rings. The first-order chi connectivity index (χ1) is 8.06. The van der Waals surface area contributed by atoms with E-state index in [1.165, 1.54) is 5.56 Å². The van der Waals surface area contributed by atoms with Crippen molar-refractivity contribution in [1.29, 1.82) is 0 Å². The van der Waals surface area contributed by atoms with Gasteiger partial charge >= 0.3 is 0 Å². The lowest BCUT2D eigenvalue weighted by molar-refractivity contribution is 0.776. The zero-order valence-corrected chi connectivity index (χ0v) is 11.0. The fraction of sp³-hybridized carbons (Fsp3) is 0.286. The molecule has 0 aliphatic heterocycles. The molecule has 88 valence electrons. The summed E-state index contributed by atoms with van der Waals surface area (Å²) in [6.45, 7) is 6.19. The van der Waals surface area contributed by atoms with Crippen LogP contribution in [0.5, 0.6) is 0 Å². The highest BCUT2D eigenvalue weighted by Crippen LogP contribution is 2.22. The van der Waals surface area contributed by atoms with Gasteiger partial charge in [0.25, 0.3) is 0 Å². The highest BCUT2D eigenvalue weighted by atomic mass is 35.5. The second-order valence-electron chi connectivity index (χ2n) is 4.45. The van der Waals surface area contributed by atoms with E-state index in [1.54, 1.807) is 6.07 Å². The third-order valence-electron chi connectivity index (χ3n) is 2.58. The first kappa shape index (κ1) is 12.1. The van der Waals surface area contributed by atoms with Gasteiger partial charge in [-0.05, 0) is 6.92 Å². The molecule has 17 heavy (non-hydrogen) atoms. The van der Waals surface area contributed by atoms with Gasteiger partial charge in [0.1, 0.15) is 11.0 Å². The summed E-state index contributed by atoms with van der Waals surface area (Å²) in [5.41, 5.74) is 3.19. The van der Waals surface area contributed by atoms with Crippen molar-refractivity contribution in [1.82, 2.24) is 9.97 Å². The maximum absolute atomic E-state index is 6.02. The molecule has 0 spiro atoms. The molecule has 0 atom stereocenters. The Kier molecular flexibility index (Phi) is 3.43. The monoisotopic (exact) mass is 246 g/mol. The van der Waals surface area contributed by atoms with Crippen molar-refractivity contribution in [2.45, 2.75) is 26.7 Å². The van der Waals surface area contributed by atoms with Crippen LogP contribution in [0.15, 0.2) is 30.3 Å². The summed E-state index contributed by atoms with van der Waals surface area (Å²) >= 11 is 6.02. The van der Waals surface area contributed by atoms with Gasteiger partial charge in [0.15, 0.2) is 0 Å². The summed E-state index contributed by atoms with van der Waals surface area (Å²) < 4.78 is 0. The second kappa shape index (κ2) is 4.84. The smallest absolute Gasteiger partial charge is 0.133 e. The molecule has 0 aliphatic carbocycles. The number of nitrogens with zero attached hydrogens (tertiary/aromatic N) is 2. The van der Waals surface area contributed by atoms with E-state index in [0.717, 1.165) is 17.1 Å². The highest BCUT2D eigenvalue weighted by Gasteiger charge is 2.08. The zero-order chi connectivity index (χ0) is 12.4. The van der Waals surface area contributed by atoms with Crippen LogP contribution in [0.1, 0.15) is 31.2 Å². The molecule has 0 radical (unpaired) electrons. The third-order valence-corrected chi connectivity index (χ3v) is 2.77. The Hall–Kier alpha value is -1.41. The van der Waals surface area contributed by atoms with Crippen molar-refractivity contribution >= 4 is 11.6 Å². The lowest BCUT2D eigenvalue weighted by Gasteiger charge is -2.07. The molecule has 0 amide bonds. The SMILES string of the molecule is Cc1ccc(-c2cc(Cl)nc(C(C)C)n2)cc1. The van der Waals surface area contributed by atoms with Crippen LogP contribution >= 0.6 is 11.6 Å². The lowest BCUT2D eigenvalue weighted by Crippen LogP contribution is -1.99. The molecule has 0 saturated carbocycles. The van der Waals surface area contributed by atoms with Crippen LogP contribution in [-0.2, 0) is 0 Å². The van der Waals surface area contributed by atoms with Crippen LogP contribution in [0.25, 0.3) is 11.3 Å². The Morgan fingerprint density at radius 3 is 2.29 bits per heavy atom. The standard InChI is InChI=1S/C14H15ClN2/c1-9(2)14-16-12(8-13(15)17-14)11-6-4-10(3)5-7-11/h4-9H,1-3H3. The molecule has 3 heteroatoms.